The van der Waals surface area contributed by atoms with Crippen LogP contribution in [0.15, 0.2) is 54.7 Å². The number of pyridine rings is 1. The molecule has 0 amide bonds. The number of imidazole rings is 2. The van der Waals surface area contributed by atoms with Crippen molar-refractivity contribution in [3.8, 4) is 11.4 Å². The summed E-state index contributed by atoms with van der Waals surface area (Å²) in [5.41, 5.74) is 11.8. The van der Waals surface area contributed by atoms with Gasteiger partial charge in [-0.1, -0.05) is 24.8 Å². The number of aliphatic imine (C=N–C) groups is 1. The van der Waals surface area contributed by atoms with Crippen LogP contribution in [0.4, 0.5) is 5.82 Å². The van der Waals surface area contributed by atoms with Crippen LogP contribution in [0.25, 0.3) is 28.0 Å². The molecule has 8 heteroatoms. The van der Waals surface area contributed by atoms with Crippen molar-refractivity contribution in [2.75, 3.05) is 0 Å². The second-order valence-corrected chi connectivity index (χ2v) is 6.74. The van der Waals surface area contributed by atoms with Crippen LogP contribution in [0.1, 0.15) is 16.8 Å². The van der Waals surface area contributed by atoms with Gasteiger partial charge in [0.25, 0.3) is 0 Å². The summed E-state index contributed by atoms with van der Waals surface area (Å²) >= 11 is 0. The number of aromatic nitrogens is 5. The molecule has 3 aromatic heterocycles. The van der Waals surface area contributed by atoms with Gasteiger partial charge >= 0.3 is 0 Å². The molecule has 0 aliphatic rings. The number of rotatable bonds is 6. The first-order valence-electron chi connectivity index (χ1n) is 9.15. The monoisotopic (exact) mass is 386 g/mol. The minimum atomic E-state index is 0.490. The van der Waals surface area contributed by atoms with Gasteiger partial charge in [0, 0.05) is 19.0 Å². The van der Waals surface area contributed by atoms with Crippen molar-refractivity contribution in [2.45, 2.75) is 13.5 Å². The molecular weight excluding hydrogens is 364 g/mol. The summed E-state index contributed by atoms with van der Waals surface area (Å²) in [4.78, 5) is 20.5. The van der Waals surface area contributed by atoms with Crippen LogP contribution in [0.2, 0.25) is 0 Å². The summed E-state index contributed by atoms with van der Waals surface area (Å²) in [6.45, 7) is 6.70. The van der Waals surface area contributed by atoms with Gasteiger partial charge in [-0.3, -0.25) is 0 Å². The van der Waals surface area contributed by atoms with Crippen LogP contribution >= 0.6 is 0 Å². The Hall–Kier alpha value is -3.94. The number of fused-ring (bicyclic) bond motifs is 1. The molecule has 0 aliphatic carbocycles. The highest BCUT2D eigenvalue weighted by Gasteiger charge is 2.15. The Bertz CT molecular complexity index is 1210. The Balaban J connectivity index is 1.72. The zero-order chi connectivity index (χ0) is 20.4. The number of aryl methyl sites for hydroxylation is 2. The summed E-state index contributed by atoms with van der Waals surface area (Å²) in [7, 11) is 1.96. The molecule has 3 heterocycles. The number of para-hydroxylation sites is 1. The molecule has 1 aromatic carbocycles. The van der Waals surface area contributed by atoms with Crippen molar-refractivity contribution in [1.29, 1.82) is 0 Å². The van der Waals surface area contributed by atoms with E-state index in [0.29, 0.717) is 23.8 Å². The molecule has 146 valence electrons. The fourth-order valence-electron chi connectivity index (χ4n) is 3.30. The molecule has 4 aromatic rings. The molecule has 29 heavy (non-hydrogen) atoms. The maximum absolute atomic E-state index is 5.39. The number of aromatic amines is 1. The summed E-state index contributed by atoms with van der Waals surface area (Å²) in [6, 6.07) is 8.34. The number of hydrogen-bond acceptors (Lipinski definition) is 5. The van der Waals surface area contributed by atoms with E-state index in [0.717, 1.165) is 33.4 Å². The van der Waals surface area contributed by atoms with E-state index < -0.39 is 0 Å². The highest BCUT2D eigenvalue weighted by atomic mass is 15.0. The lowest BCUT2D eigenvalue weighted by molar-refractivity contribution is 0.873. The third kappa shape index (κ3) is 3.47. The molecule has 0 bridgehead atoms. The number of H-pyrrole nitrogens is 1. The van der Waals surface area contributed by atoms with Gasteiger partial charge in [0.1, 0.15) is 5.69 Å². The summed E-state index contributed by atoms with van der Waals surface area (Å²) in [5.74, 6) is 0.490. The fourth-order valence-corrected chi connectivity index (χ4v) is 3.30. The van der Waals surface area contributed by atoms with Crippen LogP contribution in [-0.2, 0) is 13.6 Å². The number of hydrogen-bond donors (Lipinski definition) is 3. The van der Waals surface area contributed by atoms with Gasteiger partial charge in [-0.15, -0.1) is 0 Å². The quantitative estimate of drug-likeness (QED) is 0.348. The molecule has 0 aliphatic heterocycles. The van der Waals surface area contributed by atoms with E-state index in [-0.39, 0.29) is 0 Å². The zero-order valence-electron chi connectivity index (χ0n) is 16.3. The highest BCUT2D eigenvalue weighted by molar-refractivity contribution is 5.85. The standard InChI is InChI=1S/C21H22N8/c1-13-5-4-6-15-7-16(20(28-18(13)15)17-9-23-12-29(17)3)8-24-14(2)19-21(25-10-22)27-11-26-19/h4-7,9-12,24H,2,8H2,1,3H3,(H2,22,25)(H,26,27). The van der Waals surface area contributed by atoms with Gasteiger partial charge in [-0.05, 0) is 24.1 Å². The molecular formula is C21H22N8. The smallest absolute Gasteiger partial charge is 0.180 e. The van der Waals surface area contributed by atoms with Crippen molar-refractivity contribution in [2.24, 2.45) is 17.8 Å². The molecule has 0 atom stereocenters. The second-order valence-electron chi connectivity index (χ2n) is 6.74. The lowest BCUT2D eigenvalue weighted by Gasteiger charge is -2.14. The van der Waals surface area contributed by atoms with Crippen LogP contribution in [0.3, 0.4) is 0 Å². The Morgan fingerprint density at radius 1 is 1.41 bits per heavy atom. The van der Waals surface area contributed by atoms with Crippen LogP contribution in [-0.4, -0.2) is 30.8 Å². The maximum atomic E-state index is 5.39. The third-order valence-corrected chi connectivity index (χ3v) is 4.80. The molecule has 0 spiro atoms. The SMILES string of the molecule is C=C(NCc1cc2cccc(C)c2nc1-c1cncn1C)c1[nH]cnc1N=CN. The van der Waals surface area contributed by atoms with Gasteiger partial charge in [0.2, 0.25) is 0 Å². The van der Waals surface area contributed by atoms with E-state index in [9.17, 15) is 0 Å². The second kappa shape index (κ2) is 7.59. The Morgan fingerprint density at radius 2 is 2.28 bits per heavy atom. The Kier molecular flexibility index (Phi) is 4.82. The Labute approximate surface area is 168 Å². The summed E-state index contributed by atoms with van der Waals surface area (Å²) < 4.78 is 1.97. The van der Waals surface area contributed by atoms with E-state index >= 15 is 0 Å². The Morgan fingerprint density at radius 3 is 3.03 bits per heavy atom. The lowest BCUT2D eigenvalue weighted by Crippen LogP contribution is -2.13. The molecule has 8 nitrogen and oxygen atoms in total. The largest absolute Gasteiger partial charge is 0.390 e. The van der Waals surface area contributed by atoms with Crippen LogP contribution in [0.5, 0.6) is 0 Å². The number of nitrogens with zero attached hydrogens (tertiary/aromatic N) is 5. The number of nitrogens with one attached hydrogen (secondary N) is 2. The average Bonchev–Trinajstić information content (AvgIpc) is 3.35. The fraction of sp³-hybridized carbons (Fsp3) is 0.143. The summed E-state index contributed by atoms with van der Waals surface area (Å²) in [5, 5.41) is 4.44. The zero-order valence-corrected chi connectivity index (χ0v) is 16.3. The van der Waals surface area contributed by atoms with Gasteiger partial charge in [0.05, 0.1) is 47.8 Å². The van der Waals surface area contributed by atoms with Crippen molar-refractivity contribution in [3.63, 3.8) is 0 Å². The molecule has 4 rings (SSSR count). The predicted octanol–water partition coefficient (Wildman–Crippen LogP) is 3.05. The normalized spacial score (nSPS) is 11.4. The van der Waals surface area contributed by atoms with Crippen molar-refractivity contribution < 1.29 is 0 Å². The van der Waals surface area contributed by atoms with Crippen LogP contribution < -0.4 is 11.1 Å². The average molecular weight is 386 g/mol. The summed E-state index contributed by atoms with van der Waals surface area (Å²) in [6.07, 6.45) is 6.37. The van der Waals surface area contributed by atoms with Crippen molar-refractivity contribution >= 4 is 28.8 Å². The van der Waals surface area contributed by atoms with Crippen molar-refractivity contribution in [1.82, 2.24) is 29.8 Å². The van der Waals surface area contributed by atoms with Gasteiger partial charge < -0.3 is 20.6 Å². The molecule has 0 fully saturated rings. The minimum absolute atomic E-state index is 0.490. The van der Waals surface area contributed by atoms with Gasteiger partial charge in [0.15, 0.2) is 5.82 Å². The minimum Gasteiger partial charge on any atom is -0.390 e. The number of benzene rings is 1. The third-order valence-electron chi connectivity index (χ3n) is 4.80. The molecule has 0 radical (unpaired) electrons. The molecule has 0 saturated heterocycles. The number of nitrogens with two attached hydrogens (primary N) is 1. The van der Waals surface area contributed by atoms with E-state index in [1.165, 1.54) is 6.34 Å². The van der Waals surface area contributed by atoms with E-state index in [2.05, 4.69) is 57.0 Å². The van der Waals surface area contributed by atoms with Gasteiger partial charge in [-0.25, -0.2) is 19.9 Å². The van der Waals surface area contributed by atoms with E-state index in [1.807, 2.05) is 23.9 Å². The predicted molar refractivity (Wildman–Crippen MR) is 115 cm³/mol. The highest BCUT2D eigenvalue weighted by Crippen LogP contribution is 2.27. The van der Waals surface area contributed by atoms with E-state index in [4.69, 9.17) is 10.7 Å². The first-order chi connectivity index (χ1) is 14.1. The lowest BCUT2D eigenvalue weighted by atomic mass is 10.0. The molecule has 0 saturated carbocycles. The van der Waals surface area contributed by atoms with Gasteiger partial charge in [-0.2, -0.15) is 0 Å². The van der Waals surface area contributed by atoms with Crippen molar-refractivity contribution in [3.05, 3.63) is 66.5 Å². The van der Waals surface area contributed by atoms with Crippen LogP contribution in [0, 0.1) is 6.92 Å². The molecule has 4 N–H and O–H groups in total. The maximum Gasteiger partial charge on any atom is 0.180 e. The molecule has 0 unspecified atom stereocenters. The topological polar surface area (TPSA) is 110 Å². The van der Waals surface area contributed by atoms with E-state index in [1.54, 1.807) is 12.7 Å². The first kappa shape index (κ1) is 18.4. The first-order valence-corrected chi connectivity index (χ1v) is 9.15.